The standard InChI is InChI=1S/C14H19N/c15-14-8-11(9-14)6-10-4-5-12-2-1-3-13(12)7-10/h4-5,7,11,14H,1-3,6,8-9,15H2. The van der Waals surface area contributed by atoms with Gasteiger partial charge in [0.2, 0.25) is 0 Å². The van der Waals surface area contributed by atoms with E-state index in [-0.39, 0.29) is 0 Å². The van der Waals surface area contributed by atoms with Crippen molar-refractivity contribution in [2.75, 3.05) is 0 Å². The highest BCUT2D eigenvalue weighted by molar-refractivity contribution is 5.35. The van der Waals surface area contributed by atoms with Gasteiger partial charge in [0.25, 0.3) is 0 Å². The summed E-state index contributed by atoms with van der Waals surface area (Å²) < 4.78 is 0. The van der Waals surface area contributed by atoms with E-state index in [0.29, 0.717) is 6.04 Å². The van der Waals surface area contributed by atoms with E-state index in [9.17, 15) is 0 Å². The van der Waals surface area contributed by atoms with Crippen molar-refractivity contribution in [3.63, 3.8) is 0 Å². The minimum Gasteiger partial charge on any atom is -0.328 e. The summed E-state index contributed by atoms with van der Waals surface area (Å²) in [7, 11) is 0. The Morgan fingerprint density at radius 2 is 1.93 bits per heavy atom. The molecule has 1 fully saturated rings. The minimum absolute atomic E-state index is 0.490. The molecule has 3 rings (SSSR count). The third-order valence-electron chi connectivity index (χ3n) is 3.96. The van der Waals surface area contributed by atoms with E-state index in [2.05, 4.69) is 18.2 Å². The Kier molecular flexibility index (Phi) is 2.28. The third-order valence-corrected chi connectivity index (χ3v) is 3.96. The summed E-state index contributed by atoms with van der Waals surface area (Å²) in [5, 5.41) is 0. The lowest BCUT2D eigenvalue weighted by Gasteiger charge is -2.32. The van der Waals surface area contributed by atoms with E-state index in [1.807, 2.05) is 0 Å². The molecule has 1 aromatic rings. The van der Waals surface area contributed by atoms with Crippen LogP contribution in [0.3, 0.4) is 0 Å². The molecule has 0 bridgehead atoms. The fourth-order valence-electron chi connectivity index (χ4n) is 3.04. The molecule has 0 radical (unpaired) electrons. The van der Waals surface area contributed by atoms with Crippen LogP contribution in [0.25, 0.3) is 0 Å². The van der Waals surface area contributed by atoms with Gasteiger partial charge in [-0.3, -0.25) is 0 Å². The lowest BCUT2D eigenvalue weighted by atomic mass is 9.77. The molecular formula is C14H19N. The Morgan fingerprint density at radius 3 is 2.73 bits per heavy atom. The number of aryl methyl sites for hydroxylation is 2. The van der Waals surface area contributed by atoms with Crippen molar-refractivity contribution >= 4 is 0 Å². The topological polar surface area (TPSA) is 26.0 Å². The SMILES string of the molecule is NC1CC(Cc2ccc3c(c2)CCC3)C1. The van der Waals surface area contributed by atoms with E-state index < -0.39 is 0 Å². The van der Waals surface area contributed by atoms with E-state index in [1.54, 1.807) is 11.1 Å². The Bertz CT molecular complexity index is 364. The van der Waals surface area contributed by atoms with Crippen LogP contribution in [-0.4, -0.2) is 6.04 Å². The molecule has 1 heteroatoms. The van der Waals surface area contributed by atoms with Crippen molar-refractivity contribution in [3.05, 3.63) is 34.9 Å². The van der Waals surface area contributed by atoms with Crippen molar-refractivity contribution in [1.82, 2.24) is 0 Å². The predicted octanol–water partition coefficient (Wildman–Crippen LogP) is 2.46. The fraction of sp³-hybridized carbons (Fsp3) is 0.571. The van der Waals surface area contributed by atoms with Gasteiger partial charge < -0.3 is 5.73 Å². The van der Waals surface area contributed by atoms with Crippen LogP contribution in [0.15, 0.2) is 18.2 Å². The van der Waals surface area contributed by atoms with Crippen LogP contribution >= 0.6 is 0 Å². The Balaban J connectivity index is 1.70. The lowest BCUT2D eigenvalue weighted by Crippen LogP contribution is -2.37. The van der Waals surface area contributed by atoms with Crippen LogP contribution in [0.5, 0.6) is 0 Å². The molecule has 0 aliphatic heterocycles. The molecule has 0 aromatic heterocycles. The number of benzene rings is 1. The minimum atomic E-state index is 0.490. The number of hydrogen-bond donors (Lipinski definition) is 1. The molecule has 0 amide bonds. The Labute approximate surface area is 91.7 Å². The summed E-state index contributed by atoms with van der Waals surface area (Å²) in [6.07, 6.45) is 7.67. The lowest BCUT2D eigenvalue weighted by molar-refractivity contribution is 0.264. The van der Waals surface area contributed by atoms with Crippen LogP contribution < -0.4 is 5.73 Å². The van der Waals surface area contributed by atoms with Gasteiger partial charge in [0, 0.05) is 6.04 Å². The highest BCUT2D eigenvalue weighted by Crippen LogP contribution is 2.30. The van der Waals surface area contributed by atoms with Crippen LogP contribution in [0.2, 0.25) is 0 Å². The maximum atomic E-state index is 5.81. The number of nitrogens with two attached hydrogens (primary N) is 1. The van der Waals surface area contributed by atoms with E-state index in [1.165, 1.54) is 44.1 Å². The van der Waals surface area contributed by atoms with Gasteiger partial charge in [-0.2, -0.15) is 0 Å². The zero-order chi connectivity index (χ0) is 10.3. The molecule has 0 spiro atoms. The van der Waals surface area contributed by atoms with Crippen LogP contribution in [0.4, 0.5) is 0 Å². The van der Waals surface area contributed by atoms with Gasteiger partial charge in [-0.1, -0.05) is 18.2 Å². The van der Waals surface area contributed by atoms with Gasteiger partial charge in [0.05, 0.1) is 0 Å². The van der Waals surface area contributed by atoms with Gasteiger partial charge >= 0.3 is 0 Å². The maximum absolute atomic E-state index is 5.81. The molecule has 0 unspecified atom stereocenters. The Morgan fingerprint density at radius 1 is 1.13 bits per heavy atom. The second-order valence-corrected chi connectivity index (χ2v) is 5.26. The summed E-state index contributed by atoms with van der Waals surface area (Å²) in [6, 6.07) is 7.60. The average Bonchev–Trinajstić information content (AvgIpc) is 2.62. The second-order valence-electron chi connectivity index (χ2n) is 5.26. The van der Waals surface area contributed by atoms with Crippen molar-refractivity contribution in [2.24, 2.45) is 11.7 Å². The summed E-state index contributed by atoms with van der Waals surface area (Å²) in [5.74, 6) is 0.861. The molecule has 15 heavy (non-hydrogen) atoms. The molecule has 0 heterocycles. The summed E-state index contributed by atoms with van der Waals surface area (Å²) in [6.45, 7) is 0. The van der Waals surface area contributed by atoms with Crippen LogP contribution in [0, 0.1) is 5.92 Å². The summed E-state index contributed by atoms with van der Waals surface area (Å²) in [4.78, 5) is 0. The van der Waals surface area contributed by atoms with Gasteiger partial charge in [-0.15, -0.1) is 0 Å². The normalized spacial score (nSPS) is 28.6. The molecule has 2 aliphatic rings. The molecule has 2 N–H and O–H groups in total. The molecular weight excluding hydrogens is 182 g/mol. The van der Waals surface area contributed by atoms with Crippen LogP contribution in [0.1, 0.15) is 36.0 Å². The number of fused-ring (bicyclic) bond motifs is 1. The quantitative estimate of drug-likeness (QED) is 0.781. The smallest absolute Gasteiger partial charge is 0.00443 e. The molecule has 1 saturated carbocycles. The fourth-order valence-corrected chi connectivity index (χ4v) is 3.04. The van der Waals surface area contributed by atoms with Crippen molar-refractivity contribution in [2.45, 2.75) is 44.6 Å². The second kappa shape index (κ2) is 3.64. The van der Waals surface area contributed by atoms with Gasteiger partial charge in [-0.25, -0.2) is 0 Å². The predicted molar refractivity (Wildman–Crippen MR) is 62.9 cm³/mol. The van der Waals surface area contributed by atoms with Crippen molar-refractivity contribution in [1.29, 1.82) is 0 Å². The van der Waals surface area contributed by atoms with E-state index >= 15 is 0 Å². The first-order valence-electron chi connectivity index (χ1n) is 6.17. The molecule has 0 saturated heterocycles. The Hall–Kier alpha value is -0.820. The van der Waals surface area contributed by atoms with Crippen molar-refractivity contribution < 1.29 is 0 Å². The maximum Gasteiger partial charge on any atom is 0.00443 e. The molecule has 80 valence electrons. The van der Waals surface area contributed by atoms with Gasteiger partial charge in [0.15, 0.2) is 0 Å². The zero-order valence-electron chi connectivity index (χ0n) is 9.21. The number of hydrogen-bond acceptors (Lipinski definition) is 1. The molecule has 0 atom stereocenters. The first-order valence-corrected chi connectivity index (χ1v) is 6.17. The summed E-state index contributed by atoms with van der Waals surface area (Å²) in [5.41, 5.74) is 10.5. The van der Waals surface area contributed by atoms with Gasteiger partial charge in [0.1, 0.15) is 0 Å². The molecule has 1 nitrogen and oxygen atoms in total. The van der Waals surface area contributed by atoms with Crippen LogP contribution in [-0.2, 0) is 19.3 Å². The molecule has 2 aliphatic carbocycles. The molecule has 1 aromatic carbocycles. The number of rotatable bonds is 2. The largest absolute Gasteiger partial charge is 0.328 e. The van der Waals surface area contributed by atoms with E-state index in [4.69, 9.17) is 5.73 Å². The third kappa shape index (κ3) is 1.81. The highest BCUT2D eigenvalue weighted by atomic mass is 14.7. The highest BCUT2D eigenvalue weighted by Gasteiger charge is 2.26. The van der Waals surface area contributed by atoms with Crippen molar-refractivity contribution in [3.8, 4) is 0 Å². The summed E-state index contributed by atoms with van der Waals surface area (Å²) >= 11 is 0. The first-order chi connectivity index (χ1) is 7.31. The first kappa shape index (κ1) is 9.41. The van der Waals surface area contributed by atoms with E-state index in [0.717, 1.165) is 5.92 Å². The zero-order valence-corrected chi connectivity index (χ0v) is 9.21. The average molecular weight is 201 g/mol. The van der Waals surface area contributed by atoms with Gasteiger partial charge in [-0.05, 0) is 61.1 Å². The monoisotopic (exact) mass is 201 g/mol.